The molecule has 0 spiro atoms. The fourth-order valence-corrected chi connectivity index (χ4v) is 3.00. The molecule has 0 aromatic heterocycles. The molecule has 8 heteroatoms. The molecule has 2 N–H and O–H groups in total. The number of hydrogen-bond donors (Lipinski definition) is 2. The van der Waals surface area contributed by atoms with Gasteiger partial charge < -0.3 is 10.4 Å². The van der Waals surface area contributed by atoms with E-state index in [-0.39, 0.29) is 17.1 Å². The predicted molar refractivity (Wildman–Crippen MR) is 74.3 cm³/mol. The number of benzene rings is 1. The fraction of sp³-hybridized carbons (Fsp3) is 0.500. The van der Waals surface area contributed by atoms with Gasteiger partial charge in [-0.1, -0.05) is 6.92 Å². The lowest BCUT2D eigenvalue weighted by molar-refractivity contribution is -0.384. The second-order valence-electron chi connectivity index (χ2n) is 4.39. The summed E-state index contributed by atoms with van der Waals surface area (Å²) in [7, 11) is -3.65. The molecule has 0 aliphatic carbocycles. The molecule has 112 valence electrons. The van der Waals surface area contributed by atoms with Crippen LogP contribution in [0.15, 0.2) is 29.2 Å². The van der Waals surface area contributed by atoms with Crippen molar-refractivity contribution in [3.8, 4) is 0 Å². The first-order valence-electron chi connectivity index (χ1n) is 6.23. The molecule has 1 atom stereocenters. The van der Waals surface area contributed by atoms with Crippen LogP contribution in [-0.4, -0.2) is 43.4 Å². The van der Waals surface area contributed by atoms with E-state index in [4.69, 9.17) is 0 Å². The van der Waals surface area contributed by atoms with Gasteiger partial charge >= 0.3 is 0 Å². The summed E-state index contributed by atoms with van der Waals surface area (Å²) in [6.45, 7) is 2.86. The van der Waals surface area contributed by atoms with Crippen molar-refractivity contribution in [2.24, 2.45) is 0 Å². The van der Waals surface area contributed by atoms with Gasteiger partial charge in [0.2, 0.25) is 0 Å². The van der Waals surface area contributed by atoms with Crippen LogP contribution in [0.2, 0.25) is 0 Å². The molecule has 0 amide bonds. The third-order valence-corrected chi connectivity index (χ3v) is 4.44. The Balaban J connectivity index is 2.70. The standard InChI is InChI=1S/C12H18N2O5S/c1-2-7-13-8-11(15)9-20(18,19)12-5-3-10(4-6-12)14(16)17/h3-6,11,13,15H,2,7-9H2,1H3. The first-order chi connectivity index (χ1) is 9.36. The van der Waals surface area contributed by atoms with E-state index in [1.807, 2.05) is 6.92 Å². The third-order valence-electron chi connectivity index (χ3n) is 2.63. The number of hydrogen-bond acceptors (Lipinski definition) is 6. The Morgan fingerprint density at radius 1 is 1.35 bits per heavy atom. The molecule has 0 aliphatic heterocycles. The zero-order chi connectivity index (χ0) is 15.2. The lowest BCUT2D eigenvalue weighted by Gasteiger charge is -2.12. The second kappa shape index (κ2) is 7.32. The molecule has 0 bridgehead atoms. The minimum Gasteiger partial charge on any atom is -0.391 e. The molecule has 0 heterocycles. The van der Waals surface area contributed by atoms with E-state index in [9.17, 15) is 23.6 Å². The van der Waals surface area contributed by atoms with E-state index in [2.05, 4.69) is 5.32 Å². The topological polar surface area (TPSA) is 110 Å². The lowest BCUT2D eigenvalue weighted by Crippen LogP contribution is -2.32. The van der Waals surface area contributed by atoms with Crippen molar-refractivity contribution in [2.75, 3.05) is 18.8 Å². The molecule has 1 rings (SSSR count). The van der Waals surface area contributed by atoms with Gasteiger partial charge in [-0.05, 0) is 25.1 Å². The zero-order valence-corrected chi connectivity index (χ0v) is 12.0. The average Bonchev–Trinajstić information content (AvgIpc) is 2.38. The summed E-state index contributed by atoms with van der Waals surface area (Å²) >= 11 is 0. The number of non-ortho nitro benzene ring substituents is 1. The Morgan fingerprint density at radius 3 is 2.45 bits per heavy atom. The summed E-state index contributed by atoms with van der Waals surface area (Å²) in [5.74, 6) is -0.415. The number of nitrogens with one attached hydrogen (secondary N) is 1. The highest BCUT2D eigenvalue weighted by atomic mass is 32.2. The summed E-state index contributed by atoms with van der Waals surface area (Å²) < 4.78 is 24.0. The molecule has 20 heavy (non-hydrogen) atoms. The van der Waals surface area contributed by atoms with Crippen LogP contribution < -0.4 is 5.32 Å². The molecule has 0 radical (unpaired) electrons. The number of sulfone groups is 1. The maximum Gasteiger partial charge on any atom is 0.269 e. The molecule has 7 nitrogen and oxygen atoms in total. The van der Waals surface area contributed by atoms with E-state index in [0.717, 1.165) is 18.6 Å². The molecule has 1 aromatic rings. The number of rotatable bonds is 8. The number of nitro groups is 1. The van der Waals surface area contributed by atoms with Gasteiger partial charge in [-0.2, -0.15) is 0 Å². The zero-order valence-electron chi connectivity index (χ0n) is 11.2. The molecule has 0 saturated heterocycles. The van der Waals surface area contributed by atoms with Gasteiger partial charge in [0.15, 0.2) is 9.84 Å². The van der Waals surface area contributed by atoms with E-state index in [0.29, 0.717) is 6.54 Å². The number of aliphatic hydroxyl groups excluding tert-OH is 1. The minimum atomic E-state index is -3.65. The monoisotopic (exact) mass is 302 g/mol. The Labute approximate surface area is 117 Å². The number of nitro benzene ring substituents is 1. The maximum absolute atomic E-state index is 12.0. The van der Waals surface area contributed by atoms with Crippen molar-refractivity contribution < 1.29 is 18.4 Å². The van der Waals surface area contributed by atoms with Crippen molar-refractivity contribution in [2.45, 2.75) is 24.3 Å². The van der Waals surface area contributed by atoms with Gasteiger partial charge in [0.25, 0.3) is 5.69 Å². The molecular weight excluding hydrogens is 284 g/mol. The smallest absolute Gasteiger partial charge is 0.269 e. The van der Waals surface area contributed by atoms with E-state index >= 15 is 0 Å². The molecule has 1 aromatic carbocycles. The van der Waals surface area contributed by atoms with Gasteiger partial charge in [0, 0.05) is 18.7 Å². The van der Waals surface area contributed by atoms with E-state index in [1.165, 1.54) is 12.1 Å². The van der Waals surface area contributed by atoms with Crippen molar-refractivity contribution in [1.29, 1.82) is 0 Å². The predicted octanol–water partition coefficient (Wildman–Crippen LogP) is 0.729. The Kier molecular flexibility index (Phi) is 6.05. The number of nitrogens with zero attached hydrogens (tertiary/aromatic N) is 1. The normalized spacial score (nSPS) is 13.1. The summed E-state index contributed by atoms with van der Waals surface area (Å²) in [4.78, 5) is 9.87. The fourth-order valence-electron chi connectivity index (χ4n) is 1.63. The molecule has 0 saturated carbocycles. The third kappa shape index (κ3) is 4.87. The van der Waals surface area contributed by atoms with Gasteiger partial charge in [-0.15, -0.1) is 0 Å². The SMILES string of the molecule is CCCNCC(O)CS(=O)(=O)c1ccc([N+](=O)[O-])cc1. The Bertz CT molecular complexity index is 541. The van der Waals surface area contributed by atoms with Gasteiger partial charge in [0.05, 0.1) is 21.7 Å². The van der Waals surface area contributed by atoms with Crippen molar-refractivity contribution in [1.82, 2.24) is 5.32 Å². The first-order valence-corrected chi connectivity index (χ1v) is 7.88. The van der Waals surface area contributed by atoms with Crippen LogP contribution in [-0.2, 0) is 9.84 Å². The van der Waals surface area contributed by atoms with Crippen molar-refractivity contribution in [3.05, 3.63) is 34.4 Å². The largest absolute Gasteiger partial charge is 0.391 e. The average molecular weight is 302 g/mol. The minimum absolute atomic E-state index is 0.0300. The van der Waals surface area contributed by atoms with Crippen LogP contribution in [0, 0.1) is 10.1 Å². The van der Waals surface area contributed by atoms with Crippen LogP contribution in [0.5, 0.6) is 0 Å². The van der Waals surface area contributed by atoms with Gasteiger partial charge in [-0.3, -0.25) is 10.1 Å². The molecular formula is C12H18N2O5S. The van der Waals surface area contributed by atoms with Crippen molar-refractivity contribution >= 4 is 15.5 Å². The molecule has 0 aliphatic rings. The van der Waals surface area contributed by atoms with Crippen LogP contribution in [0.25, 0.3) is 0 Å². The lowest BCUT2D eigenvalue weighted by atomic mass is 10.3. The van der Waals surface area contributed by atoms with Crippen LogP contribution in [0.4, 0.5) is 5.69 Å². The van der Waals surface area contributed by atoms with Crippen LogP contribution in [0.3, 0.4) is 0 Å². The molecule has 1 unspecified atom stereocenters. The highest BCUT2D eigenvalue weighted by Crippen LogP contribution is 2.17. The Hall–Kier alpha value is -1.51. The number of aliphatic hydroxyl groups is 1. The van der Waals surface area contributed by atoms with E-state index < -0.39 is 26.6 Å². The van der Waals surface area contributed by atoms with Crippen LogP contribution in [0.1, 0.15) is 13.3 Å². The first kappa shape index (κ1) is 16.5. The van der Waals surface area contributed by atoms with Gasteiger partial charge in [0.1, 0.15) is 0 Å². The summed E-state index contributed by atoms with van der Waals surface area (Å²) in [5, 5.41) is 23.1. The van der Waals surface area contributed by atoms with Gasteiger partial charge in [-0.25, -0.2) is 8.42 Å². The Morgan fingerprint density at radius 2 is 1.95 bits per heavy atom. The highest BCUT2D eigenvalue weighted by Gasteiger charge is 2.20. The summed E-state index contributed by atoms with van der Waals surface area (Å²) in [6.07, 6.45) is -0.122. The highest BCUT2D eigenvalue weighted by molar-refractivity contribution is 7.91. The summed E-state index contributed by atoms with van der Waals surface area (Å²) in [5.41, 5.74) is -0.172. The quantitative estimate of drug-likeness (QED) is 0.416. The second-order valence-corrected chi connectivity index (χ2v) is 6.42. The van der Waals surface area contributed by atoms with Crippen LogP contribution >= 0.6 is 0 Å². The maximum atomic E-state index is 12.0. The molecule has 0 fully saturated rings. The van der Waals surface area contributed by atoms with E-state index in [1.54, 1.807) is 0 Å². The van der Waals surface area contributed by atoms with Crippen molar-refractivity contribution in [3.63, 3.8) is 0 Å². The summed E-state index contributed by atoms with van der Waals surface area (Å²) in [6, 6.07) is 4.63.